The van der Waals surface area contributed by atoms with E-state index in [1.807, 2.05) is 12.5 Å². The Morgan fingerprint density at radius 1 is 1.35 bits per heavy atom. The van der Waals surface area contributed by atoms with Gasteiger partial charge in [0.05, 0.1) is 5.39 Å². The summed E-state index contributed by atoms with van der Waals surface area (Å²) in [6, 6.07) is 0. The van der Waals surface area contributed by atoms with E-state index in [9.17, 15) is 0 Å². The van der Waals surface area contributed by atoms with Crippen LogP contribution in [0.5, 0.6) is 0 Å². The third-order valence-electron chi connectivity index (χ3n) is 2.10. The zero-order valence-corrected chi connectivity index (χ0v) is 10.8. The topological polar surface area (TPSA) is 113 Å². The lowest BCUT2D eigenvalue weighted by atomic mass is 10.3. The summed E-state index contributed by atoms with van der Waals surface area (Å²) in [5.41, 5.74) is 6.50. The maximum atomic E-state index is 8.69. The van der Waals surface area contributed by atoms with Crippen molar-refractivity contribution in [2.24, 2.45) is 10.9 Å². The molecular weight excluding hydrogens is 260 g/mol. The van der Waals surface area contributed by atoms with E-state index in [4.69, 9.17) is 10.9 Å². The SMILES string of the molecule is CSc1nc(SC)c2c(/C(N)=N/O)[nH]nc2n1. The maximum Gasteiger partial charge on any atom is 0.190 e. The molecule has 0 unspecified atom stereocenters. The summed E-state index contributed by atoms with van der Waals surface area (Å²) in [7, 11) is 0. The van der Waals surface area contributed by atoms with Crippen LogP contribution >= 0.6 is 23.5 Å². The molecule has 4 N–H and O–H groups in total. The van der Waals surface area contributed by atoms with Gasteiger partial charge in [0.25, 0.3) is 0 Å². The van der Waals surface area contributed by atoms with Crippen LogP contribution in [0.2, 0.25) is 0 Å². The normalized spacial score (nSPS) is 12.2. The maximum absolute atomic E-state index is 8.69. The number of fused-ring (bicyclic) bond motifs is 1. The molecule has 2 aromatic rings. The largest absolute Gasteiger partial charge is 0.409 e. The number of aromatic nitrogens is 4. The number of rotatable bonds is 3. The standard InChI is InChI=1S/C8H10N6OS2/c1-16-7-3-4(5(9)14-15)12-13-6(3)10-8(11-7)17-2/h15H,1-2H3,(H2,9,14)(H,10,11,12,13). The van der Waals surface area contributed by atoms with Gasteiger partial charge >= 0.3 is 0 Å². The van der Waals surface area contributed by atoms with Gasteiger partial charge in [-0.3, -0.25) is 5.10 Å². The van der Waals surface area contributed by atoms with Gasteiger partial charge in [-0.25, -0.2) is 9.97 Å². The van der Waals surface area contributed by atoms with Crippen molar-refractivity contribution in [1.82, 2.24) is 20.2 Å². The fraction of sp³-hybridized carbons (Fsp3) is 0.250. The quantitative estimate of drug-likeness (QED) is 0.144. The second-order valence-corrected chi connectivity index (χ2v) is 4.57. The van der Waals surface area contributed by atoms with Crippen LogP contribution < -0.4 is 5.73 Å². The van der Waals surface area contributed by atoms with Crippen LogP contribution in [0, 0.1) is 0 Å². The molecule has 2 rings (SSSR count). The predicted molar refractivity (Wildman–Crippen MR) is 67.8 cm³/mol. The first-order valence-corrected chi connectivity index (χ1v) is 6.98. The molecular formula is C8H10N6OS2. The number of nitrogens with zero attached hydrogens (tertiary/aromatic N) is 4. The van der Waals surface area contributed by atoms with E-state index in [1.54, 1.807) is 0 Å². The Bertz CT molecular complexity index is 581. The summed E-state index contributed by atoms with van der Waals surface area (Å²) in [6.07, 6.45) is 3.79. The molecule has 0 atom stereocenters. The summed E-state index contributed by atoms with van der Waals surface area (Å²) < 4.78 is 0. The first-order chi connectivity index (χ1) is 8.21. The van der Waals surface area contributed by atoms with Gasteiger partial charge < -0.3 is 10.9 Å². The van der Waals surface area contributed by atoms with Crippen molar-refractivity contribution in [1.29, 1.82) is 0 Å². The summed E-state index contributed by atoms with van der Waals surface area (Å²) in [6.45, 7) is 0. The fourth-order valence-corrected chi connectivity index (χ4v) is 2.34. The van der Waals surface area contributed by atoms with Crippen LogP contribution in [0.25, 0.3) is 11.0 Å². The number of H-pyrrole nitrogens is 1. The molecule has 0 saturated carbocycles. The Morgan fingerprint density at radius 3 is 2.71 bits per heavy atom. The van der Waals surface area contributed by atoms with Crippen LogP contribution in [-0.4, -0.2) is 43.7 Å². The van der Waals surface area contributed by atoms with Crippen LogP contribution in [-0.2, 0) is 0 Å². The molecule has 0 fully saturated rings. The lowest BCUT2D eigenvalue weighted by Gasteiger charge is -2.02. The number of hydrogen-bond donors (Lipinski definition) is 3. The van der Waals surface area contributed by atoms with Crippen LogP contribution in [0.15, 0.2) is 15.3 Å². The van der Waals surface area contributed by atoms with Gasteiger partial charge in [0, 0.05) is 0 Å². The highest BCUT2D eigenvalue weighted by molar-refractivity contribution is 7.99. The zero-order chi connectivity index (χ0) is 12.4. The van der Waals surface area contributed by atoms with E-state index < -0.39 is 0 Å². The Balaban J connectivity index is 2.75. The minimum absolute atomic E-state index is 0.0386. The lowest BCUT2D eigenvalue weighted by molar-refractivity contribution is 0.318. The van der Waals surface area contributed by atoms with Gasteiger partial charge in [-0.15, -0.1) is 11.8 Å². The molecule has 90 valence electrons. The summed E-state index contributed by atoms with van der Waals surface area (Å²) >= 11 is 2.89. The first-order valence-electron chi connectivity index (χ1n) is 4.53. The van der Waals surface area contributed by atoms with E-state index in [0.29, 0.717) is 21.9 Å². The molecule has 2 aromatic heterocycles. The molecule has 0 amide bonds. The van der Waals surface area contributed by atoms with Crippen molar-refractivity contribution < 1.29 is 5.21 Å². The highest BCUT2D eigenvalue weighted by Crippen LogP contribution is 2.27. The van der Waals surface area contributed by atoms with Crippen LogP contribution in [0.3, 0.4) is 0 Å². The molecule has 0 bridgehead atoms. The average Bonchev–Trinajstić information content (AvgIpc) is 2.80. The Labute approximate surface area is 105 Å². The Kier molecular flexibility index (Phi) is 3.38. The Hall–Kier alpha value is -1.48. The lowest BCUT2D eigenvalue weighted by Crippen LogP contribution is -2.14. The monoisotopic (exact) mass is 270 g/mol. The third-order valence-corrected chi connectivity index (χ3v) is 3.33. The zero-order valence-electron chi connectivity index (χ0n) is 9.13. The minimum Gasteiger partial charge on any atom is -0.409 e. The van der Waals surface area contributed by atoms with Gasteiger partial charge in [-0.2, -0.15) is 5.10 Å². The van der Waals surface area contributed by atoms with Crippen molar-refractivity contribution in [3.05, 3.63) is 5.69 Å². The molecule has 0 aromatic carbocycles. The molecule has 2 heterocycles. The number of amidine groups is 1. The van der Waals surface area contributed by atoms with Crippen LogP contribution in [0.1, 0.15) is 5.69 Å². The van der Waals surface area contributed by atoms with Gasteiger partial charge in [-0.05, 0) is 12.5 Å². The van der Waals surface area contributed by atoms with E-state index in [1.165, 1.54) is 23.5 Å². The number of hydrogen-bond acceptors (Lipinski definition) is 7. The molecule has 0 radical (unpaired) electrons. The molecule has 0 aliphatic rings. The van der Waals surface area contributed by atoms with E-state index >= 15 is 0 Å². The second-order valence-electron chi connectivity index (χ2n) is 3.00. The second kappa shape index (κ2) is 4.80. The fourth-order valence-electron chi connectivity index (χ4n) is 1.35. The van der Waals surface area contributed by atoms with Gasteiger partial charge in [0.2, 0.25) is 0 Å². The molecule has 0 saturated heterocycles. The Morgan fingerprint density at radius 2 is 2.12 bits per heavy atom. The van der Waals surface area contributed by atoms with Crippen molar-refractivity contribution >= 4 is 40.4 Å². The highest BCUT2D eigenvalue weighted by Gasteiger charge is 2.16. The molecule has 17 heavy (non-hydrogen) atoms. The van der Waals surface area contributed by atoms with E-state index in [0.717, 1.165) is 5.03 Å². The van der Waals surface area contributed by atoms with E-state index in [-0.39, 0.29) is 5.84 Å². The van der Waals surface area contributed by atoms with Crippen molar-refractivity contribution in [2.45, 2.75) is 10.2 Å². The first kappa shape index (κ1) is 12.0. The van der Waals surface area contributed by atoms with Crippen molar-refractivity contribution in [3.63, 3.8) is 0 Å². The average molecular weight is 270 g/mol. The number of nitrogens with two attached hydrogens (primary N) is 1. The smallest absolute Gasteiger partial charge is 0.190 e. The number of oxime groups is 1. The molecule has 0 aliphatic carbocycles. The molecule has 7 nitrogen and oxygen atoms in total. The predicted octanol–water partition coefficient (Wildman–Crippen LogP) is 0.891. The van der Waals surface area contributed by atoms with E-state index in [2.05, 4.69) is 25.3 Å². The third kappa shape index (κ3) is 2.03. The molecule has 9 heteroatoms. The van der Waals surface area contributed by atoms with Crippen LogP contribution in [0.4, 0.5) is 0 Å². The summed E-state index contributed by atoms with van der Waals surface area (Å²) in [5.74, 6) is -0.0386. The van der Waals surface area contributed by atoms with Crippen molar-refractivity contribution in [3.8, 4) is 0 Å². The highest BCUT2D eigenvalue weighted by atomic mass is 32.2. The summed E-state index contributed by atoms with van der Waals surface area (Å²) in [5, 5.41) is 20.4. The minimum atomic E-state index is -0.0386. The summed E-state index contributed by atoms with van der Waals surface area (Å²) in [4.78, 5) is 8.59. The number of aromatic amines is 1. The van der Waals surface area contributed by atoms with Gasteiger partial charge in [0.1, 0.15) is 10.7 Å². The van der Waals surface area contributed by atoms with Gasteiger partial charge in [-0.1, -0.05) is 16.9 Å². The van der Waals surface area contributed by atoms with Gasteiger partial charge in [0.15, 0.2) is 16.6 Å². The number of thioether (sulfide) groups is 2. The van der Waals surface area contributed by atoms with Crippen molar-refractivity contribution in [2.75, 3.05) is 12.5 Å². The molecule has 0 aliphatic heterocycles. The molecule has 0 spiro atoms. The number of nitrogens with one attached hydrogen (secondary N) is 1.